The van der Waals surface area contributed by atoms with Gasteiger partial charge in [-0.05, 0) is 54.2 Å². The summed E-state index contributed by atoms with van der Waals surface area (Å²) in [5.41, 5.74) is 7.47. The molecule has 1 aromatic carbocycles. The maximum atomic E-state index is 11.0. The molecule has 2 N–H and O–H groups in total. The van der Waals surface area contributed by atoms with Crippen LogP contribution >= 0.6 is 0 Å². The smallest absolute Gasteiger partial charge is 0.150 e. The average molecular weight is 234 g/mol. The third-order valence-corrected chi connectivity index (χ3v) is 2.89. The summed E-state index contributed by atoms with van der Waals surface area (Å²) in [6.07, 6.45) is 3.61. The van der Waals surface area contributed by atoms with Crippen LogP contribution in [0.1, 0.15) is 48.0 Å². The second-order valence-electron chi connectivity index (χ2n) is 4.09. The zero-order chi connectivity index (χ0) is 12.7. The maximum Gasteiger partial charge on any atom is 0.150 e. The molecule has 1 aromatic rings. The number of hydrogen-bond donors (Lipinski definition) is 1. The van der Waals surface area contributed by atoms with E-state index in [1.54, 1.807) is 18.2 Å². The van der Waals surface area contributed by atoms with Crippen LogP contribution in [0.4, 0.5) is 5.69 Å². The van der Waals surface area contributed by atoms with Gasteiger partial charge in [0.15, 0.2) is 0 Å². The Hall–Kier alpha value is -1.55. The molecular weight excluding hydrogens is 216 g/mol. The molecular formula is C13H18N2O2. The first-order valence-corrected chi connectivity index (χ1v) is 5.89. The van der Waals surface area contributed by atoms with Crippen molar-refractivity contribution >= 4 is 12.0 Å². The summed E-state index contributed by atoms with van der Waals surface area (Å²) in [7, 11) is 0. The van der Waals surface area contributed by atoms with Crippen LogP contribution in [-0.4, -0.2) is 12.8 Å². The van der Waals surface area contributed by atoms with Crippen molar-refractivity contribution in [3.05, 3.63) is 34.2 Å². The first kappa shape index (κ1) is 13.5. The Labute approximate surface area is 101 Å². The zero-order valence-corrected chi connectivity index (χ0v) is 10.1. The number of hydrogen-bond acceptors (Lipinski definition) is 4. The van der Waals surface area contributed by atoms with E-state index in [1.165, 1.54) is 0 Å². The van der Waals surface area contributed by atoms with E-state index in [0.717, 1.165) is 31.1 Å². The predicted octanol–water partition coefficient (Wildman–Crippen LogP) is 3.13. The van der Waals surface area contributed by atoms with Gasteiger partial charge in [-0.3, -0.25) is 4.79 Å². The van der Waals surface area contributed by atoms with Gasteiger partial charge in [0, 0.05) is 5.56 Å². The van der Waals surface area contributed by atoms with Crippen molar-refractivity contribution in [2.75, 3.05) is 6.54 Å². The number of carbonyl (C=O) groups excluding carboxylic acids is 1. The van der Waals surface area contributed by atoms with Crippen LogP contribution in [0.5, 0.6) is 0 Å². The fraction of sp³-hybridized carbons (Fsp3) is 0.462. The highest BCUT2D eigenvalue weighted by Crippen LogP contribution is 2.30. The molecule has 1 atom stereocenters. The molecule has 17 heavy (non-hydrogen) atoms. The lowest BCUT2D eigenvalue weighted by Crippen LogP contribution is -2.09. The van der Waals surface area contributed by atoms with Crippen LogP contribution in [-0.2, 0) is 0 Å². The van der Waals surface area contributed by atoms with E-state index in [1.807, 2.05) is 0 Å². The SMILES string of the molecule is CCCC(CCN)c1cc(N=O)ccc1C=O. The standard InChI is InChI=1S/C13H18N2O2/c1-2-3-10(6-7-14)13-8-12(15-17)5-4-11(13)9-16/h4-5,8-10H,2-3,6-7,14H2,1H3. The van der Waals surface area contributed by atoms with Crippen molar-refractivity contribution in [2.45, 2.75) is 32.1 Å². The van der Waals surface area contributed by atoms with Crippen molar-refractivity contribution in [2.24, 2.45) is 10.9 Å². The number of aldehydes is 1. The number of benzene rings is 1. The molecule has 4 heteroatoms. The molecule has 4 nitrogen and oxygen atoms in total. The molecule has 0 saturated carbocycles. The highest BCUT2D eigenvalue weighted by Gasteiger charge is 2.14. The maximum absolute atomic E-state index is 11.0. The van der Waals surface area contributed by atoms with E-state index in [4.69, 9.17) is 5.73 Å². The van der Waals surface area contributed by atoms with Crippen LogP contribution in [0.15, 0.2) is 23.4 Å². The van der Waals surface area contributed by atoms with Crippen molar-refractivity contribution in [3.8, 4) is 0 Å². The minimum Gasteiger partial charge on any atom is -0.330 e. The highest BCUT2D eigenvalue weighted by atomic mass is 16.3. The third-order valence-electron chi connectivity index (χ3n) is 2.89. The van der Waals surface area contributed by atoms with Gasteiger partial charge in [-0.2, -0.15) is 0 Å². The monoisotopic (exact) mass is 234 g/mol. The van der Waals surface area contributed by atoms with Gasteiger partial charge < -0.3 is 5.73 Å². The summed E-state index contributed by atoms with van der Waals surface area (Å²) < 4.78 is 0. The molecule has 0 aliphatic rings. The molecule has 0 radical (unpaired) electrons. The van der Waals surface area contributed by atoms with Gasteiger partial charge in [-0.25, -0.2) is 0 Å². The van der Waals surface area contributed by atoms with Gasteiger partial charge in [-0.1, -0.05) is 13.3 Å². The first-order chi connectivity index (χ1) is 8.26. The van der Waals surface area contributed by atoms with Crippen LogP contribution in [0.25, 0.3) is 0 Å². The molecule has 0 saturated heterocycles. The largest absolute Gasteiger partial charge is 0.330 e. The summed E-state index contributed by atoms with van der Waals surface area (Å²) in [4.78, 5) is 21.5. The number of nitroso groups, excluding NO2 is 1. The number of carbonyl (C=O) groups is 1. The Morgan fingerprint density at radius 1 is 1.41 bits per heavy atom. The van der Waals surface area contributed by atoms with Crippen LogP contribution in [0, 0.1) is 4.91 Å². The fourth-order valence-corrected chi connectivity index (χ4v) is 2.08. The topological polar surface area (TPSA) is 72.5 Å². The molecule has 0 bridgehead atoms. The van der Waals surface area contributed by atoms with Crippen LogP contribution in [0.3, 0.4) is 0 Å². The Balaban J connectivity index is 3.12. The van der Waals surface area contributed by atoms with Crippen molar-refractivity contribution in [1.29, 1.82) is 0 Å². The Kier molecular flexibility index (Phi) is 5.49. The molecule has 0 heterocycles. The van der Waals surface area contributed by atoms with Crippen molar-refractivity contribution < 1.29 is 4.79 Å². The second-order valence-corrected chi connectivity index (χ2v) is 4.09. The first-order valence-electron chi connectivity index (χ1n) is 5.89. The second kappa shape index (κ2) is 6.91. The Morgan fingerprint density at radius 3 is 2.71 bits per heavy atom. The molecule has 0 aromatic heterocycles. The Morgan fingerprint density at radius 2 is 2.18 bits per heavy atom. The van der Waals surface area contributed by atoms with E-state index in [9.17, 15) is 9.70 Å². The lowest BCUT2D eigenvalue weighted by atomic mass is 9.88. The van der Waals surface area contributed by atoms with E-state index in [2.05, 4.69) is 12.1 Å². The van der Waals surface area contributed by atoms with E-state index >= 15 is 0 Å². The molecule has 1 unspecified atom stereocenters. The molecule has 92 valence electrons. The van der Waals surface area contributed by atoms with Crippen LogP contribution < -0.4 is 5.73 Å². The molecule has 0 aliphatic heterocycles. The van der Waals surface area contributed by atoms with Gasteiger partial charge >= 0.3 is 0 Å². The molecule has 0 aliphatic carbocycles. The normalized spacial score (nSPS) is 12.1. The molecule has 1 rings (SSSR count). The van der Waals surface area contributed by atoms with Crippen molar-refractivity contribution in [1.82, 2.24) is 0 Å². The molecule has 0 spiro atoms. The summed E-state index contributed by atoms with van der Waals surface area (Å²) in [5.74, 6) is 0.229. The van der Waals surface area contributed by atoms with Gasteiger partial charge in [0.25, 0.3) is 0 Å². The third kappa shape index (κ3) is 3.46. The van der Waals surface area contributed by atoms with Gasteiger partial charge in [0.1, 0.15) is 12.0 Å². The van der Waals surface area contributed by atoms with E-state index in [0.29, 0.717) is 17.8 Å². The summed E-state index contributed by atoms with van der Waals surface area (Å²) in [6, 6.07) is 4.91. The van der Waals surface area contributed by atoms with E-state index in [-0.39, 0.29) is 5.92 Å². The lowest BCUT2D eigenvalue weighted by molar-refractivity contribution is 0.112. The quantitative estimate of drug-likeness (QED) is 0.582. The number of rotatable bonds is 7. The van der Waals surface area contributed by atoms with Crippen LogP contribution in [0.2, 0.25) is 0 Å². The summed E-state index contributed by atoms with van der Waals surface area (Å²) in [5, 5.41) is 2.91. The Bertz CT molecular complexity index is 385. The molecule has 0 amide bonds. The van der Waals surface area contributed by atoms with Gasteiger partial charge in [0.05, 0.1) is 0 Å². The average Bonchev–Trinajstić information content (AvgIpc) is 2.37. The predicted molar refractivity (Wildman–Crippen MR) is 68.6 cm³/mol. The lowest BCUT2D eigenvalue weighted by Gasteiger charge is -2.17. The van der Waals surface area contributed by atoms with Gasteiger partial charge in [-0.15, -0.1) is 4.91 Å². The minimum atomic E-state index is 0.229. The summed E-state index contributed by atoms with van der Waals surface area (Å²) >= 11 is 0. The van der Waals surface area contributed by atoms with Gasteiger partial charge in [0.2, 0.25) is 0 Å². The van der Waals surface area contributed by atoms with E-state index < -0.39 is 0 Å². The number of nitrogens with two attached hydrogens (primary N) is 1. The minimum absolute atomic E-state index is 0.229. The zero-order valence-electron chi connectivity index (χ0n) is 10.1. The highest BCUT2D eigenvalue weighted by molar-refractivity contribution is 5.78. The van der Waals surface area contributed by atoms with Crippen molar-refractivity contribution in [3.63, 3.8) is 0 Å². The summed E-state index contributed by atoms with van der Waals surface area (Å²) in [6.45, 7) is 2.66. The number of nitrogens with zero attached hydrogens (tertiary/aromatic N) is 1. The molecule has 0 fully saturated rings. The fourth-order valence-electron chi connectivity index (χ4n) is 2.08.